The molecule has 0 saturated heterocycles. The van der Waals surface area contributed by atoms with E-state index >= 15 is 0 Å². The van der Waals surface area contributed by atoms with Crippen molar-refractivity contribution < 1.29 is 0 Å². The van der Waals surface area contributed by atoms with Crippen LogP contribution in [0.4, 0.5) is 0 Å². The van der Waals surface area contributed by atoms with E-state index in [4.69, 9.17) is 11.5 Å². The van der Waals surface area contributed by atoms with Crippen LogP contribution in [-0.2, 0) is 25.7 Å². The Morgan fingerprint density at radius 3 is 1.28 bits per heavy atom. The monoisotopic (exact) mass is 476 g/mol. The van der Waals surface area contributed by atoms with E-state index in [9.17, 15) is 0 Å². The van der Waals surface area contributed by atoms with Gasteiger partial charge in [-0.15, -0.1) is 0 Å². The van der Waals surface area contributed by atoms with Crippen molar-refractivity contribution in [2.45, 2.75) is 51.1 Å². The molecular weight excluding hydrogens is 436 g/mol. The summed E-state index contributed by atoms with van der Waals surface area (Å²) in [4.78, 5) is 0. The molecule has 0 bridgehead atoms. The highest BCUT2D eigenvalue weighted by atomic mass is 15.0. The van der Waals surface area contributed by atoms with Gasteiger partial charge in [-0.05, 0) is 53.9 Å². The normalized spacial score (nSPS) is 12.9. The van der Waals surface area contributed by atoms with Crippen LogP contribution in [0.3, 0.4) is 0 Å². The second-order valence-corrected chi connectivity index (χ2v) is 10.4. The summed E-state index contributed by atoms with van der Waals surface area (Å²) in [6.07, 6.45) is 5.41. The minimum Gasteiger partial charge on any atom is -0.313 e. The lowest BCUT2D eigenvalue weighted by atomic mass is 9.57. The van der Waals surface area contributed by atoms with Gasteiger partial charge in [0, 0.05) is 11.8 Å². The van der Waals surface area contributed by atoms with E-state index in [0.29, 0.717) is 12.3 Å². The minimum atomic E-state index is -0.922. The predicted molar refractivity (Wildman–Crippen MR) is 153 cm³/mol. The van der Waals surface area contributed by atoms with E-state index in [2.05, 4.69) is 128 Å². The Morgan fingerprint density at radius 1 is 0.528 bits per heavy atom. The molecule has 0 saturated carbocycles. The van der Waals surface area contributed by atoms with E-state index in [1.807, 2.05) is 0 Å². The maximum atomic E-state index is 7.39. The number of nitrogens with two attached hydrogens (primary N) is 2. The second kappa shape index (κ2) is 12.2. The Hall–Kier alpha value is -3.20. The maximum Gasteiger partial charge on any atom is 0.0745 e. The van der Waals surface area contributed by atoms with Crippen molar-refractivity contribution in [1.29, 1.82) is 0 Å². The van der Waals surface area contributed by atoms with E-state index in [-0.39, 0.29) is 5.41 Å². The molecule has 2 heteroatoms. The molecule has 4 rings (SSSR count). The van der Waals surface area contributed by atoms with E-state index in [0.717, 1.165) is 32.1 Å². The zero-order valence-electron chi connectivity index (χ0n) is 21.5. The van der Waals surface area contributed by atoms with Gasteiger partial charge >= 0.3 is 0 Å². The summed E-state index contributed by atoms with van der Waals surface area (Å²) in [6, 6.07) is 42.9. The molecule has 0 radical (unpaired) electrons. The van der Waals surface area contributed by atoms with Gasteiger partial charge < -0.3 is 11.5 Å². The third-order valence-electron chi connectivity index (χ3n) is 7.73. The molecule has 0 fully saturated rings. The van der Waals surface area contributed by atoms with Crippen molar-refractivity contribution in [1.82, 2.24) is 0 Å². The van der Waals surface area contributed by atoms with Crippen LogP contribution in [-0.4, -0.2) is 5.66 Å². The zero-order chi connectivity index (χ0) is 25.3. The van der Waals surface area contributed by atoms with Gasteiger partial charge in [-0.25, -0.2) is 0 Å². The molecule has 0 aromatic heterocycles. The lowest BCUT2D eigenvalue weighted by molar-refractivity contribution is 0.0366. The number of hydrogen-bond donors (Lipinski definition) is 2. The topological polar surface area (TPSA) is 52.0 Å². The van der Waals surface area contributed by atoms with Gasteiger partial charge in [0.05, 0.1) is 5.66 Å². The van der Waals surface area contributed by atoms with Crippen molar-refractivity contribution in [3.8, 4) is 0 Å². The molecule has 4 aromatic rings. The van der Waals surface area contributed by atoms with E-state index in [1.54, 1.807) is 0 Å². The first-order valence-electron chi connectivity index (χ1n) is 13.3. The third-order valence-corrected chi connectivity index (χ3v) is 7.73. The van der Waals surface area contributed by atoms with Gasteiger partial charge in [0.15, 0.2) is 0 Å². The zero-order valence-corrected chi connectivity index (χ0v) is 21.5. The van der Waals surface area contributed by atoms with Crippen molar-refractivity contribution in [3.63, 3.8) is 0 Å². The van der Waals surface area contributed by atoms with E-state index < -0.39 is 5.66 Å². The van der Waals surface area contributed by atoms with Crippen molar-refractivity contribution in [3.05, 3.63) is 144 Å². The van der Waals surface area contributed by atoms with Gasteiger partial charge in [0.25, 0.3) is 0 Å². The molecule has 186 valence electrons. The van der Waals surface area contributed by atoms with Gasteiger partial charge in [-0.2, -0.15) is 0 Å². The number of rotatable bonds is 12. The average Bonchev–Trinajstić information content (AvgIpc) is 2.90. The molecule has 1 atom stereocenters. The SMILES string of the molecule is CCCC(Cc1ccccc1)C(Cc1ccccc1)(Cc1ccccc1)C(N)(N)Cc1ccccc1. The van der Waals surface area contributed by atoms with Crippen molar-refractivity contribution in [2.75, 3.05) is 0 Å². The molecule has 0 aliphatic rings. The van der Waals surface area contributed by atoms with Crippen LogP contribution >= 0.6 is 0 Å². The first-order valence-corrected chi connectivity index (χ1v) is 13.3. The Kier molecular flexibility index (Phi) is 8.74. The fourth-order valence-corrected chi connectivity index (χ4v) is 5.91. The van der Waals surface area contributed by atoms with Crippen LogP contribution in [0.5, 0.6) is 0 Å². The van der Waals surface area contributed by atoms with Crippen LogP contribution in [0.15, 0.2) is 121 Å². The van der Waals surface area contributed by atoms with Crippen molar-refractivity contribution >= 4 is 0 Å². The summed E-state index contributed by atoms with van der Waals surface area (Å²) in [5.74, 6) is 0.309. The van der Waals surface area contributed by atoms with Crippen LogP contribution in [0.2, 0.25) is 0 Å². The Bertz CT molecular complexity index is 1110. The fraction of sp³-hybridized carbons (Fsp3) is 0.294. The van der Waals surface area contributed by atoms with Crippen LogP contribution in [0, 0.1) is 11.3 Å². The lowest BCUT2D eigenvalue weighted by Crippen LogP contribution is -2.68. The highest BCUT2D eigenvalue weighted by molar-refractivity contribution is 5.28. The smallest absolute Gasteiger partial charge is 0.0745 e. The molecule has 0 aliphatic heterocycles. The fourth-order valence-electron chi connectivity index (χ4n) is 5.91. The van der Waals surface area contributed by atoms with E-state index in [1.165, 1.54) is 22.3 Å². The molecule has 2 nitrogen and oxygen atoms in total. The summed E-state index contributed by atoms with van der Waals surface area (Å²) in [7, 11) is 0. The Morgan fingerprint density at radius 2 is 0.889 bits per heavy atom. The molecule has 36 heavy (non-hydrogen) atoms. The van der Waals surface area contributed by atoms with Gasteiger partial charge in [0.2, 0.25) is 0 Å². The largest absolute Gasteiger partial charge is 0.313 e. The lowest BCUT2D eigenvalue weighted by Gasteiger charge is -2.52. The second-order valence-electron chi connectivity index (χ2n) is 10.4. The molecule has 0 heterocycles. The van der Waals surface area contributed by atoms with Crippen LogP contribution in [0.1, 0.15) is 42.0 Å². The highest BCUT2D eigenvalue weighted by Gasteiger charge is 2.51. The van der Waals surface area contributed by atoms with Gasteiger partial charge in [0.1, 0.15) is 0 Å². The molecule has 0 amide bonds. The average molecular weight is 477 g/mol. The summed E-state index contributed by atoms with van der Waals surface area (Å²) in [5, 5.41) is 0. The number of hydrogen-bond acceptors (Lipinski definition) is 2. The molecule has 4 N–H and O–H groups in total. The summed E-state index contributed by atoms with van der Waals surface area (Å²) >= 11 is 0. The first kappa shape index (κ1) is 25.9. The summed E-state index contributed by atoms with van der Waals surface area (Å²) in [6.45, 7) is 2.28. The first-order chi connectivity index (χ1) is 17.5. The van der Waals surface area contributed by atoms with Crippen LogP contribution in [0.25, 0.3) is 0 Å². The summed E-state index contributed by atoms with van der Waals surface area (Å²) in [5.41, 5.74) is 18.6. The Balaban J connectivity index is 1.87. The molecule has 4 aromatic carbocycles. The molecule has 0 aliphatic carbocycles. The molecule has 1 unspecified atom stereocenters. The molecular formula is C34H40N2. The highest BCUT2D eigenvalue weighted by Crippen LogP contribution is 2.46. The Labute approximate surface area is 217 Å². The summed E-state index contributed by atoms with van der Waals surface area (Å²) < 4.78 is 0. The third kappa shape index (κ3) is 6.32. The standard InChI is InChI=1S/C34H40N2/c1-2-15-32(24-28-16-7-3-8-17-28)33(25-29-18-9-4-10-19-29,26-30-20-11-5-12-21-30)34(35,36)27-31-22-13-6-14-23-31/h3-14,16-23,32H,2,15,24-27,35-36H2,1H3. The van der Waals surface area contributed by atoms with Gasteiger partial charge in [-0.1, -0.05) is 135 Å². The molecule has 0 spiro atoms. The quantitative estimate of drug-likeness (QED) is 0.217. The van der Waals surface area contributed by atoms with Gasteiger partial charge in [-0.3, -0.25) is 0 Å². The number of benzene rings is 4. The van der Waals surface area contributed by atoms with Crippen LogP contribution < -0.4 is 11.5 Å². The maximum absolute atomic E-state index is 7.39. The minimum absolute atomic E-state index is 0.309. The predicted octanol–water partition coefficient (Wildman–Crippen LogP) is 6.97. The van der Waals surface area contributed by atoms with Crippen molar-refractivity contribution in [2.24, 2.45) is 22.8 Å².